The maximum Gasteiger partial charge on any atom is 0.169 e. The molecule has 104 valence electrons. The highest BCUT2D eigenvalue weighted by molar-refractivity contribution is 9.10. The van der Waals surface area contributed by atoms with Gasteiger partial charge >= 0.3 is 0 Å². The largest absolute Gasteiger partial charge is 0.495 e. The van der Waals surface area contributed by atoms with Crippen LogP contribution in [0.3, 0.4) is 0 Å². The highest BCUT2D eigenvalue weighted by atomic mass is 79.9. The first kappa shape index (κ1) is 14.4. The number of hydrogen-bond acceptors (Lipinski definition) is 3. The third-order valence-corrected chi connectivity index (χ3v) is 4.70. The Labute approximate surface area is 122 Å². The van der Waals surface area contributed by atoms with E-state index in [1.54, 1.807) is 26.4 Å². The molecule has 0 amide bonds. The third-order valence-electron chi connectivity index (χ3n) is 3.95. The van der Waals surface area contributed by atoms with Gasteiger partial charge in [-0.05, 0) is 46.8 Å². The molecule has 1 saturated carbocycles. The quantitative estimate of drug-likeness (QED) is 0.782. The van der Waals surface area contributed by atoms with Crippen molar-refractivity contribution in [3.63, 3.8) is 0 Å². The van der Waals surface area contributed by atoms with Gasteiger partial charge in [-0.1, -0.05) is 13.3 Å². The topological polar surface area (TPSA) is 35.5 Å². The number of carbonyl (C=O) groups excluding carboxylic acids is 1. The Morgan fingerprint density at radius 2 is 2.00 bits per heavy atom. The Hall–Kier alpha value is -1.03. The zero-order chi connectivity index (χ0) is 14.0. The van der Waals surface area contributed by atoms with Crippen molar-refractivity contribution in [2.24, 2.45) is 11.8 Å². The number of Topliss-reactive ketones (excluding diaryl/α,β-unsaturated/α-hetero) is 1. The van der Waals surface area contributed by atoms with Gasteiger partial charge in [0.05, 0.1) is 19.8 Å². The second-order valence-electron chi connectivity index (χ2n) is 5.04. The Kier molecular flexibility index (Phi) is 4.50. The van der Waals surface area contributed by atoms with Gasteiger partial charge in [0.25, 0.3) is 0 Å². The lowest BCUT2D eigenvalue weighted by atomic mass is 9.89. The number of ketones is 1. The first-order valence-electron chi connectivity index (χ1n) is 6.54. The fourth-order valence-corrected chi connectivity index (χ4v) is 3.49. The summed E-state index contributed by atoms with van der Waals surface area (Å²) in [6.45, 7) is 2.15. The summed E-state index contributed by atoms with van der Waals surface area (Å²) in [6.07, 6.45) is 3.25. The van der Waals surface area contributed by atoms with Crippen molar-refractivity contribution in [1.29, 1.82) is 0 Å². The number of benzene rings is 1. The lowest BCUT2D eigenvalue weighted by Gasteiger charge is -2.17. The molecule has 2 unspecified atom stereocenters. The molecule has 0 bridgehead atoms. The van der Waals surface area contributed by atoms with Gasteiger partial charge < -0.3 is 9.47 Å². The summed E-state index contributed by atoms with van der Waals surface area (Å²) in [5.74, 6) is 2.01. The van der Waals surface area contributed by atoms with Crippen LogP contribution in [0.2, 0.25) is 0 Å². The molecule has 1 aliphatic rings. The minimum atomic E-state index is 0.120. The second kappa shape index (κ2) is 5.95. The van der Waals surface area contributed by atoms with Gasteiger partial charge in [0, 0.05) is 5.92 Å². The maximum absolute atomic E-state index is 12.6. The van der Waals surface area contributed by atoms with E-state index in [9.17, 15) is 4.79 Å². The predicted octanol–water partition coefficient (Wildman–Crippen LogP) is 4.09. The Bertz CT molecular complexity index is 485. The summed E-state index contributed by atoms with van der Waals surface area (Å²) in [6, 6.07) is 3.61. The highest BCUT2D eigenvalue weighted by Crippen LogP contribution is 2.41. The molecule has 1 aromatic carbocycles. The van der Waals surface area contributed by atoms with Crippen molar-refractivity contribution in [2.75, 3.05) is 14.2 Å². The first-order chi connectivity index (χ1) is 9.10. The molecular formula is C15H19BrO3. The zero-order valence-electron chi connectivity index (χ0n) is 11.5. The second-order valence-corrected chi connectivity index (χ2v) is 5.83. The van der Waals surface area contributed by atoms with E-state index in [0.29, 0.717) is 27.5 Å². The molecule has 0 radical (unpaired) electrons. The van der Waals surface area contributed by atoms with Gasteiger partial charge in [0.2, 0.25) is 0 Å². The van der Waals surface area contributed by atoms with E-state index in [0.717, 1.165) is 19.3 Å². The number of rotatable bonds is 4. The maximum atomic E-state index is 12.6. The molecule has 1 aromatic rings. The molecular weight excluding hydrogens is 308 g/mol. The highest BCUT2D eigenvalue weighted by Gasteiger charge is 2.32. The number of ether oxygens (including phenoxy) is 2. The average molecular weight is 327 g/mol. The van der Waals surface area contributed by atoms with Crippen LogP contribution in [0.25, 0.3) is 0 Å². The van der Waals surface area contributed by atoms with E-state index in [1.807, 2.05) is 0 Å². The monoisotopic (exact) mass is 326 g/mol. The van der Waals surface area contributed by atoms with Crippen LogP contribution in [0.4, 0.5) is 0 Å². The zero-order valence-corrected chi connectivity index (χ0v) is 13.1. The van der Waals surface area contributed by atoms with Crippen LogP contribution in [0.15, 0.2) is 16.6 Å². The predicted molar refractivity (Wildman–Crippen MR) is 78.1 cm³/mol. The van der Waals surface area contributed by atoms with Crippen LogP contribution in [-0.4, -0.2) is 20.0 Å². The molecule has 0 aliphatic heterocycles. The SMILES string of the molecule is COc1ccc(C(=O)C2CCCC2C)c(OC)c1Br. The van der Waals surface area contributed by atoms with Gasteiger partial charge in [-0.25, -0.2) is 0 Å². The lowest BCUT2D eigenvalue weighted by Crippen LogP contribution is -2.18. The molecule has 0 spiro atoms. The molecule has 0 aromatic heterocycles. The van der Waals surface area contributed by atoms with Crippen molar-refractivity contribution in [1.82, 2.24) is 0 Å². The number of carbonyl (C=O) groups is 1. The van der Waals surface area contributed by atoms with Crippen LogP contribution in [0.5, 0.6) is 11.5 Å². The molecule has 1 fully saturated rings. The fraction of sp³-hybridized carbons (Fsp3) is 0.533. The summed E-state index contributed by atoms with van der Waals surface area (Å²) in [7, 11) is 3.18. The minimum Gasteiger partial charge on any atom is -0.495 e. The number of hydrogen-bond donors (Lipinski definition) is 0. The normalized spacial score (nSPS) is 22.3. The van der Waals surface area contributed by atoms with Crippen LogP contribution < -0.4 is 9.47 Å². The number of halogens is 1. The van der Waals surface area contributed by atoms with Gasteiger partial charge in [-0.3, -0.25) is 4.79 Å². The molecule has 1 aliphatic carbocycles. The van der Waals surface area contributed by atoms with Gasteiger partial charge in [-0.2, -0.15) is 0 Å². The van der Waals surface area contributed by atoms with E-state index in [4.69, 9.17) is 9.47 Å². The van der Waals surface area contributed by atoms with Crippen molar-refractivity contribution in [2.45, 2.75) is 26.2 Å². The summed E-state index contributed by atoms with van der Waals surface area (Å²) in [4.78, 5) is 12.6. The molecule has 3 nitrogen and oxygen atoms in total. The Morgan fingerprint density at radius 3 is 2.53 bits per heavy atom. The Balaban J connectivity index is 2.39. The third kappa shape index (κ3) is 2.64. The van der Waals surface area contributed by atoms with Crippen molar-refractivity contribution < 1.29 is 14.3 Å². The fourth-order valence-electron chi connectivity index (χ4n) is 2.82. The minimum absolute atomic E-state index is 0.120. The average Bonchev–Trinajstić information content (AvgIpc) is 2.83. The summed E-state index contributed by atoms with van der Waals surface area (Å²) in [5, 5.41) is 0. The van der Waals surface area contributed by atoms with E-state index >= 15 is 0 Å². The molecule has 0 heterocycles. The van der Waals surface area contributed by atoms with Gasteiger partial charge in [0.1, 0.15) is 16.0 Å². The molecule has 2 atom stereocenters. The van der Waals surface area contributed by atoms with E-state index < -0.39 is 0 Å². The van der Waals surface area contributed by atoms with Crippen molar-refractivity contribution in [3.05, 3.63) is 22.2 Å². The summed E-state index contributed by atoms with van der Waals surface area (Å²) >= 11 is 3.44. The summed E-state index contributed by atoms with van der Waals surface area (Å²) < 4.78 is 11.3. The van der Waals surface area contributed by atoms with E-state index in [2.05, 4.69) is 22.9 Å². The van der Waals surface area contributed by atoms with Crippen LogP contribution in [0.1, 0.15) is 36.5 Å². The lowest BCUT2D eigenvalue weighted by molar-refractivity contribution is 0.0894. The van der Waals surface area contributed by atoms with E-state index in [-0.39, 0.29) is 11.7 Å². The smallest absolute Gasteiger partial charge is 0.169 e. The molecule has 0 saturated heterocycles. The Morgan fingerprint density at radius 1 is 1.26 bits per heavy atom. The molecule has 19 heavy (non-hydrogen) atoms. The summed E-state index contributed by atoms with van der Waals surface area (Å²) in [5.41, 5.74) is 0.647. The standard InChI is InChI=1S/C15H19BrO3/c1-9-5-4-6-10(9)14(17)11-7-8-12(18-2)13(16)15(11)19-3/h7-10H,4-6H2,1-3H3. The van der Waals surface area contributed by atoms with Gasteiger partial charge in [-0.15, -0.1) is 0 Å². The van der Waals surface area contributed by atoms with E-state index in [1.165, 1.54) is 0 Å². The molecule has 2 rings (SSSR count). The molecule has 4 heteroatoms. The first-order valence-corrected chi connectivity index (χ1v) is 7.34. The number of methoxy groups -OCH3 is 2. The van der Waals surface area contributed by atoms with Crippen LogP contribution in [0, 0.1) is 11.8 Å². The van der Waals surface area contributed by atoms with Crippen LogP contribution in [-0.2, 0) is 0 Å². The van der Waals surface area contributed by atoms with Crippen molar-refractivity contribution in [3.8, 4) is 11.5 Å². The van der Waals surface area contributed by atoms with Crippen LogP contribution >= 0.6 is 15.9 Å². The van der Waals surface area contributed by atoms with Crippen molar-refractivity contribution >= 4 is 21.7 Å². The molecule has 0 N–H and O–H groups in total. The van der Waals surface area contributed by atoms with Gasteiger partial charge in [0.15, 0.2) is 5.78 Å².